The topological polar surface area (TPSA) is 44.7 Å². The van der Waals surface area contributed by atoms with Crippen molar-refractivity contribution in [1.29, 1.82) is 0 Å². The molecular formula is C21H27N3OS. The third-order valence-electron chi connectivity index (χ3n) is 5.20. The number of fused-ring (bicyclic) bond motifs is 1. The summed E-state index contributed by atoms with van der Waals surface area (Å²) in [6, 6.07) is 8.15. The molecule has 1 unspecified atom stereocenters. The van der Waals surface area contributed by atoms with E-state index in [1.807, 2.05) is 11.4 Å². The monoisotopic (exact) mass is 369 g/mol. The van der Waals surface area contributed by atoms with Crippen molar-refractivity contribution in [2.75, 3.05) is 11.4 Å². The van der Waals surface area contributed by atoms with Gasteiger partial charge in [0.05, 0.1) is 11.1 Å². The lowest BCUT2D eigenvalue weighted by atomic mass is 9.79. The first kappa shape index (κ1) is 18.6. The Morgan fingerprint density at radius 3 is 2.88 bits per heavy atom. The van der Waals surface area contributed by atoms with E-state index in [1.54, 1.807) is 12.3 Å². The van der Waals surface area contributed by atoms with E-state index in [0.29, 0.717) is 10.8 Å². The molecular weight excluding hydrogens is 342 g/mol. The summed E-state index contributed by atoms with van der Waals surface area (Å²) < 4.78 is 0. The molecule has 0 saturated carbocycles. The Balaban J connectivity index is 1.85. The van der Waals surface area contributed by atoms with Gasteiger partial charge in [0.1, 0.15) is 0 Å². The van der Waals surface area contributed by atoms with Crippen molar-refractivity contribution in [1.82, 2.24) is 5.43 Å². The Labute approximate surface area is 159 Å². The van der Waals surface area contributed by atoms with E-state index in [2.05, 4.69) is 62.2 Å². The van der Waals surface area contributed by atoms with Gasteiger partial charge in [-0.3, -0.25) is 4.79 Å². The van der Waals surface area contributed by atoms with Crippen molar-refractivity contribution in [3.05, 3.63) is 51.2 Å². The largest absolute Gasteiger partial charge is 0.366 e. The molecule has 2 aromatic rings. The Bertz CT molecular complexity index is 824. The fourth-order valence-corrected chi connectivity index (χ4v) is 4.63. The maximum absolute atomic E-state index is 12.0. The molecule has 1 aliphatic heterocycles. The van der Waals surface area contributed by atoms with E-state index >= 15 is 0 Å². The van der Waals surface area contributed by atoms with Gasteiger partial charge in [-0.15, -0.1) is 11.3 Å². The van der Waals surface area contributed by atoms with Crippen LogP contribution in [0.4, 0.5) is 5.69 Å². The van der Waals surface area contributed by atoms with Crippen molar-refractivity contribution < 1.29 is 4.79 Å². The van der Waals surface area contributed by atoms with Crippen LogP contribution in [0, 0.1) is 6.92 Å². The number of thiophene rings is 1. The molecule has 0 aliphatic carbocycles. The van der Waals surface area contributed by atoms with Crippen LogP contribution in [0.5, 0.6) is 0 Å². The maximum Gasteiger partial charge on any atom is 0.281 e. The first-order valence-corrected chi connectivity index (χ1v) is 10.0. The van der Waals surface area contributed by atoms with E-state index in [-0.39, 0.29) is 11.4 Å². The van der Waals surface area contributed by atoms with Gasteiger partial charge in [0.15, 0.2) is 0 Å². The first-order chi connectivity index (χ1) is 12.3. The molecule has 1 atom stereocenters. The van der Waals surface area contributed by atoms with Crippen LogP contribution in [0.1, 0.15) is 66.4 Å². The van der Waals surface area contributed by atoms with Gasteiger partial charge in [0.25, 0.3) is 5.91 Å². The third kappa shape index (κ3) is 3.54. The number of hydrogen-bond donors (Lipinski definition) is 1. The maximum atomic E-state index is 12.0. The number of hydrazone groups is 1. The van der Waals surface area contributed by atoms with Crippen LogP contribution < -0.4 is 10.3 Å². The van der Waals surface area contributed by atoms with Gasteiger partial charge in [-0.1, -0.05) is 13.0 Å². The summed E-state index contributed by atoms with van der Waals surface area (Å²) in [7, 11) is 0. The zero-order valence-corrected chi connectivity index (χ0v) is 17.0. The molecule has 26 heavy (non-hydrogen) atoms. The number of amides is 1. The number of hydrogen-bond acceptors (Lipinski definition) is 4. The van der Waals surface area contributed by atoms with Gasteiger partial charge in [0.2, 0.25) is 0 Å². The van der Waals surface area contributed by atoms with E-state index in [0.717, 1.165) is 18.5 Å². The second-order valence-corrected chi connectivity index (χ2v) is 8.55. The minimum atomic E-state index is -0.167. The molecule has 0 spiro atoms. The Morgan fingerprint density at radius 1 is 1.46 bits per heavy atom. The third-order valence-corrected chi connectivity index (χ3v) is 6.07. The highest BCUT2D eigenvalue weighted by atomic mass is 32.1. The lowest BCUT2D eigenvalue weighted by Crippen LogP contribution is -2.48. The van der Waals surface area contributed by atoms with E-state index in [4.69, 9.17) is 0 Å². The number of aryl methyl sites for hydroxylation is 1. The molecule has 3 rings (SSSR count). The molecule has 1 aromatic carbocycles. The minimum absolute atomic E-state index is 0.165. The van der Waals surface area contributed by atoms with Crippen LogP contribution in [0.2, 0.25) is 0 Å². The molecule has 0 saturated heterocycles. The summed E-state index contributed by atoms with van der Waals surface area (Å²) in [6.07, 6.45) is 2.88. The fraction of sp³-hybridized carbons (Fsp3) is 0.429. The molecule has 1 N–H and O–H groups in total. The molecule has 1 amide bonds. The number of carbonyl (C=O) groups is 1. The molecule has 1 aliphatic rings. The van der Waals surface area contributed by atoms with Crippen molar-refractivity contribution in [2.45, 2.75) is 52.5 Å². The van der Waals surface area contributed by atoms with Crippen LogP contribution in [0.25, 0.3) is 0 Å². The highest BCUT2D eigenvalue weighted by Gasteiger charge is 2.35. The van der Waals surface area contributed by atoms with Crippen molar-refractivity contribution in [3.63, 3.8) is 0 Å². The normalized spacial score (nSPS) is 18.8. The predicted octanol–water partition coefficient (Wildman–Crippen LogP) is 4.93. The van der Waals surface area contributed by atoms with Gasteiger partial charge in [-0.2, -0.15) is 5.10 Å². The van der Waals surface area contributed by atoms with E-state index in [1.165, 1.54) is 28.2 Å². The first-order valence-electron chi connectivity index (χ1n) is 9.12. The van der Waals surface area contributed by atoms with E-state index < -0.39 is 0 Å². The second-order valence-electron chi connectivity index (χ2n) is 7.61. The molecule has 4 nitrogen and oxygen atoms in total. The molecule has 138 valence electrons. The SMILES string of the molecule is CCN1c2cc(C)c(/C=N\NC(=O)c3cccs3)cc2C(C)CC1(C)C. The quantitative estimate of drug-likeness (QED) is 0.613. The highest BCUT2D eigenvalue weighted by molar-refractivity contribution is 7.12. The zero-order valence-electron chi connectivity index (χ0n) is 16.2. The fourth-order valence-electron chi connectivity index (χ4n) is 4.01. The lowest BCUT2D eigenvalue weighted by Gasteiger charge is -2.47. The zero-order chi connectivity index (χ0) is 18.9. The summed E-state index contributed by atoms with van der Waals surface area (Å²) in [5, 5.41) is 6.05. The van der Waals surface area contributed by atoms with Crippen LogP contribution >= 0.6 is 11.3 Å². The molecule has 0 bridgehead atoms. The average Bonchev–Trinajstić information content (AvgIpc) is 3.10. The lowest BCUT2D eigenvalue weighted by molar-refractivity contribution is 0.0959. The summed E-state index contributed by atoms with van der Waals surface area (Å²) in [5.41, 5.74) is 7.69. The second kappa shape index (κ2) is 7.23. The van der Waals surface area contributed by atoms with Crippen molar-refractivity contribution in [3.8, 4) is 0 Å². The molecule has 2 heterocycles. The summed E-state index contributed by atoms with van der Waals surface area (Å²) in [5.74, 6) is 0.329. The van der Waals surface area contributed by atoms with E-state index in [9.17, 15) is 4.79 Å². The van der Waals surface area contributed by atoms with Crippen LogP contribution in [-0.2, 0) is 0 Å². The van der Waals surface area contributed by atoms with Crippen molar-refractivity contribution >= 4 is 29.1 Å². The number of nitrogens with zero attached hydrogens (tertiary/aromatic N) is 2. The number of benzene rings is 1. The number of nitrogens with one attached hydrogen (secondary N) is 1. The van der Waals surface area contributed by atoms with Gasteiger partial charge in [0, 0.05) is 17.8 Å². The molecule has 5 heteroatoms. The molecule has 0 fully saturated rings. The predicted molar refractivity (Wildman–Crippen MR) is 111 cm³/mol. The van der Waals surface area contributed by atoms with Crippen LogP contribution in [-0.4, -0.2) is 24.2 Å². The molecule has 0 radical (unpaired) electrons. The Hall–Kier alpha value is -2.14. The van der Waals surface area contributed by atoms with Gasteiger partial charge < -0.3 is 4.90 Å². The average molecular weight is 370 g/mol. The summed E-state index contributed by atoms with van der Waals surface area (Å²) in [6.45, 7) is 12.2. The highest BCUT2D eigenvalue weighted by Crippen LogP contribution is 2.43. The van der Waals surface area contributed by atoms with Crippen molar-refractivity contribution in [2.24, 2.45) is 5.10 Å². The molecule has 1 aromatic heterocycles. The van der Waals surface area contributed by atoms with Crippen LogP contribution in [0.15, 0.2) is 34.7 Å². The Kier molecular flexibility index (Phi) is 5.19. The Morgan fingerprint density at radius 2 is 2.23 bits per heavy atom. The number of carbonyl (C=O) groups excluding carboxylic acids is 1. The number of anilines is 1. The number of rotatable bonds is 4. The van der Waals surface area contributed by atoms with Gasteiger partial charge >= 0.3 is 0 Å². The summed E-state index contributed by atoms with van der Waals surface area (Å²) in [4.78, 5) is 15.2. The summed E-state index contributed by atoms with van der Waals surface area (Å²) >= 11 is 1.41. The van der Waals surface area contributed by atoms with Gasteiger partial charge in [-0.05, 0) is 80.3 Å². The van der Waals surface area contributed by atoms with Gasteiger partial charge in [-0.25, -0.2) is 5.43 Å². The smallest absolute Gasteiger partial charge is 0.281 e. The van der Waals surface area contributed by atoms with Crippen LogP contribution in [0.3, 0.4) is 0 Å². The minimum Gasteiger partial charge on any atom is -0.366 e. The standard InChI is InChI=1S/C21H27N3OS/c1-6-24-18-10-14(2)16(11-17(18)15(3)12-21(24,4)5)13-22-23-20(25)19-8-7-9-26-19/h7-11,13,15H,6,12H2,1-5H3,(H,23,25)/b22-13-.